The summed E-state index contributed by atoms with van der Waals surface area (Å²) in [5, 5.41) is 4.01. The van der Waals surface area contributed by atoms with E-state index in [0.717, 1.165) is 18.7 Å². The summed E-state index contributed by atoms with van der Waals surface area (Å²) in [4.78, 5) is 4.44. The molecule has 0 saturated carbocycles. The molecule has 0 spiro atoms. The SMILES string of the molecule is CCC(C)c1noc(C(C)(CC)CN)n1. The van der Waals surface area contributed by atoms with Gasteiger partial charge in [0, 0.05) is 12.5 Å². The lowest BCUT2D eigenvalue weighted by atomic mass is 9.88. The van der Waals surface area contributed by atoms with E-state index < -0.39 is 0 Å². The lowest BCUT2D eigenvalue weighted by molar-refractivity contribution is 0.288. The Morgan fingerprint density at radius 2 is 2.13 bits per heavy atom. The van der Waals surface area contributed by atoms with E-state index in [2.05, 4.69) is 37.8 Å². The molecule has 0 radical (unpaired) electrons. The quantitative estimate of drug-likeness (QED) is 0.811. The molecule has 15 heavy (non-hydrogen) atoms. The fourth-order valence-electron chi connectivity index (χ4n) is 1.25. The number of aromatic nitrogens is 2. The van der Waals surface area contributed by atoms with Crippen molar-refractivity contribution >= 4 is 0 Å². The molecule has 0 fully saturated rings. The van der Waals surface area contributed by atoms with Crippen LogP contribution in [0.1, 0.15) is 58.2 Å². The summed E-state index contributed by atoms with van der Waals surface area (Å²) in [6.07, 6.45) is 1.93. The molecule has 0 bridgehead atoms. The third kappa shape index (κ3) is 2.37. The average molecular weight is 211 g/mol. The lowest BCUT2D eigenvalue weighted by Crippen LogP contribution is -2.31. The predicted molar refractivity (Wildman–Crippen MR) is 59.7 cm³/mol. The largest absolute Gasteiger partial charge is 0.339 e. The fraction of sp³-hybridized carbons (Fsp3) is 0.818. The molecule has 0 aliphatic carbocycles. The van der Waals surface area contributed by atoms with Crippen LogP contribution in [-0.2, 0) is 5.41 Å². The summed E-state index contributed by atoms with van der Waals surface area (Å²) < 4.78 is 5.29. The summed E-state index contributed by atoms with van der Waals surface area (Å²) in [6.45, 7) is 8.88. The average Bonchev–Trinajstić information content (AvgIpc) is 2.76. The Morgan fingerprint density at radius 1 is 1.47 bits per heavy atom. The molecule has 2 unspecified atom stereocenters. The van der Waals surface area contributed by atoms with Gasteiger partial charge < -0.3 is 10.3 Å². The Bertz CT molecular complexity index is 305. The first kappa shape index (κ1) is 12.2. The molecule has 1 aromatic rings. The molecular formula is C11H21N3O. The van der Waals surface area contributed by atoms with E-state index in [4.69, 9.17) is 10.3 Å². The van der Waals surface area contributed by atoms with E-state index in [9.17, 15) is 0 Å². The molecule has 86 valence electrons. The summed E-state index contributed by atoms with van der Waals surface area (Å²) in [5.41, 5.74) is 5.56. The van der Waals surface area contributed by atoms with E-state index in [1.165, 1.54) is 0 Å². The second-order valence-corrected chi connectivity index (χ2v) is 4.39. The highest BCUT2D eigenvalue weighted by Crippen LogP contribution is 2.26. The van der Waals surface area contributed by atoms with Gasteiger partial charge in [-0.05, 0) is 19.8 Å². The third-order valence-corrected chi connectivity index (χ3v) is 3.24. The second-order valence-electron chi connectivity index (χ2n) is 4.39. The van der Waals surface area contributed by atoms with Crippen LogP contribution in [0.2, 0.25) is 0 Å². The Hall–Kier alpha value is -0.900. The Kier molecular flexibility index (Phi) is 3.85. The van der Waals surface area contributed by atoms with Gasteiger partial charge in [-0.25, -0.2) is 0 Å². The molecule has 0 amide bonds. The van der Waals surface area contributed by atoms with Gasteiger partial charge in [0.2, 0.25) is 5.89 Å². The van der Waals surface area contributed by atoms with Crippen LogP contribution in [0.15, 0.2) is 4.52 Å². The van der Waals surface area contributed by atoms with E-state index >= 15 is 0 Å². The minimum absolute atomic E-state index is 0.182. The Balaban J connectivity index is 2.92. The molecule has 4 nitrogen and oxygen atoms in total. The van der Waals surface area contributed by atoms with Crippen molar-refractivity contribution in [1.82, 2.24) is 10.1 Å². The molecular weight excluding hydrogens is 190 g/mol. The van der Waals surface area contributed by atoms with Crippen LogP contribution in [0.25, 0.3) is 0 Å². The highest BCUT2D eigenvalue weighted by Gasteiger charge is 2.30. The number of hydrogen-bond acceptors (Lipinski definition) is 4. The molecule has 2 atom stereocenters. The summed E-state index contributed by atoms with van der Waals surface area (Å²) in [5.74, 6) is 1.81. The van der Waals surface area contributed by atoms with Crippen LogP contribution >= 0.6 is 0 Å². The van der Waals surface area contributed by atoms with Crippen LogP contribution in [0, 0.1) is 0 Å². The fourth-order valence-corrected chi connectivity index (χ4v) is 1.25. The number of hydrogen-bond donors (Lipinski definition) is 1. The summed E-state index contributed by atoms with van der Waals surface area (Å²) in [6, 6.07) is 0. The highest BCUT2D eigenvalue weighted by atomic mass is 16.5. The van der Waals surface area contributed by atoms with E-state index in [0.29, 0.717) is 18.4 Å². The Labute approximate surface area is 91.2 Å². The van der Waals surface area contributed by atoms with Gasteiger partial charge in [0.05, 0.1) is 5.41 Å². The molecule has 4 heteroatoms. The van der Waals surface area contributed by atoms with E-state index in [1.54, 1.807) is 0 Å². The van der Waals surface area contributed by atoms with Gasteiger partial charge in [-0.1, -0.05) is 25.9 Å². The minimum atomic E-state index is -0.182. The summed E-state index contributed by atoms with van der Waals surface area (Å²) in [7, 11) is 0. The van der Waals surface area contributed by atoms with Crippen LogP contribution in [0.5, 0.6) is 0 Å². The standard InChI is InChI=1S/C11H21N3O/c1-5-8(3)9-13-10(15-14-9)11(4,6-2)7-12/h8H,5-7,12H2,1-4H3. The maximum Gasteiger partial charge on any atom is 0.233 e. The van der Waals surface area contributed by atoms with Gasteiger partial charge in [-0.15, -0.1) is 0 Å². The van der Waals surface area contributed by atoms with Crippen LogP contribution in [0.3, 0.4) is 0 Å². The zero-order valence-electron chi connectivity index (χ0n) is 10.1. The Morgan fingerprint density at radius 3 is 2.60 bits per heavy atom. The van der Waals surface area contributed by atoms with Gasteiger partial charge in [-0.3, -0.25) is 0 Å². The van der Waals surface area contributed by atoms with Crippen molar-refractivity contribution in [2.45, 2.75) is 51.9 Å². The van der Waals surface area contributed by atoms with Gasteiger partial charge >= 0.3 is 0 Å². The van der Waals surface area contributed by atoms with Crippen molar-refractivity contribution in [1.29, 1.82) is 0 Å². The van der Waals surface area contributed by atoms with Crippen molar-refractivity contribution in [2.75, 3.05) is 6.54 Å². The minimum Gasteiger partial charge on any atom is -0.339 e. The smallest absolute Gasteiger partial charge is 0.233 e. The van der Waals surface area contributed by atoms with Crippen molar-refractivity contribution in [3.63, 3.8) is 0 Å². The molecule has 0 aromatic carbocycles. The molecule has 1 heterocycles. The zero-order valence-corrected chi connectivity index (χ0v) is 10.1. The monoisotopic (exact) mass is 211 g/mol. The number of nitrogens with two attached hydrogens (primary N) is 1. The van der Waals surface area contributed by atoms with E-state index in [-0.39, 0.29) is 5.41 Å². The van der Waals surface area contributed by atoms with Crippen LogP contribution in [0.4, 0.5) is 0 Å². The third-order valence-electron chi connectivity index (χ3n) is 3.24. The van der Waals surface area contributed by atoms with Gasteiger partial charge in [0.15, 0.2) is 5.82 Å². The molecule has 1 rings (SSSR count). The second kappa shape index (κ2) is 4.75. The van der Waals surface area contributed by atoms with Crippen molar-refractivity contribution in [3.8, 4) is 0 Å². The highest BCUT2D eigenvalue weighted by molar-refractivity contribution is 5.05. The van der Waals surface area contributed by atoms with Crippen LogP contribution in [-0.4, -0.2) is 16.7 Å². The number of rotatable bonds is 5. The van der Waals surface area contributed by atoms with Crippen molar-refractivity contribution in [2.24, 2.45) is 5.73 Å². The predicted octanol–water partition coefficient (Wildman–Crippen LogP) is 2.21. The molecule has 0 aliphatic heterocycles. The molecule has 0 aliphatic rings. The molecule has 2 N–H and O–H groups in total. The van der Waals surface area contributed by atoms with Gasteiger partial charge in [-0.2, -0.15) is 4.98 Å². The van der Waals surface area contributed by atoms with Crippen molar-refractivity contribution < 1.29 is 4.52 Å². The van der Waals surface area contributed by atoms with Gasteiger partial charge in [0.25, 0.3) is 0 Å². The summed E-state index contributed by atoms with van der Waals surface area (Å²) >= 11 is 0. The van der Waals surface area contributed by atoms with E-state index in [1.807, 2.05) is 0 Å². The number of nitrogens with zero attached hydrogens (tertiary/aromatic N) is 2. The first-order valence-corrected chi connectivity index (χ1v) is 5.61. The molecule has 1 aromatic heterocycles. The van der Waals surface area contributed by atoms with Gasteiger partial charge in [0.1, 0.15) is 0 Å². The first-order valence-electron chi connectivity index (χ1n) is 5.61. The zero-order chi connectivity index (χ0) is 11.5. The maximum absolute atomic E-state index is 5.74. The first-order chi connectivity index (χ1) is 7.07. The normalized spacial score (nSPS) is 17.4. The molecule has 0 saturated heterocycles. The lowest BCUT2D eigenvalue weighted by Gasteiger charge is -2.20. The maximum atomic E-state index is 5.74. The van der Waals surface area contributed by atoms with Crippen molar-refractivity contribution in [3.05, 3.63) is 11.7 Å². The van der Waals surface area contributed by atoms with Crippen LogP contribution < -0.4 is 5.73 Å². The topological polar surface area (TPSA) is 64.9 Å².